The molecular formula is C12H21N3O4. The summed E-state index contributed by atoms with van der Waals surface area (Å²) in [5, 5.41) is 16.7. The summed E-state index contributed by atoms with van der Waals surface area (Å²) in [6, 6.07) is -1.53. The van der Waals surface area contributed by atoms with E-state index in [1.165, 1.54) is 7.05 Å². The van der Waals surface area contributed by atoms with Gasteiger partial charge in [0, 0.05) is 13.1 Å². The van der Waals surface area contributed by atoms with Gasteiger partial charge in [0.05, 0.1) is 5.92 Å². The van der Waals surface area contributed by atoms with Crippen molar-refractivity contribution in [3.8, 4) is 0 Å². The molecule has 1 aliphatic carbocycles. The van der Waals surface area contributed by atoms with Crippen LogP contribution in [0.25, 0.3) is 0 Å². The van der Waals surface area contributed by atoms with E-state index >= 15 is 0 Å². The van der Waals surface area contributed by atoms with Crippen LogP contribution in [0.1, 0.15) is 32.6 Å². The minimum atomic E-state index is -0.885. The van der Waals surface area contributed by atoms with Crippen molar-refractivity contribution in [2.45, 2.75) is 44.7 Å². The summed E-state index contributed by atoms with van der Waals surface area (Å²) in [4.78, 5) is 34.1. The van der Waals surface area contributed by atoms with Gasteiger partial charge in [-0.1, -0.05) is 12.8 Å². The Kier molecular flexibility index (Phi) is 5.59. The first-order valence-corrected chi connectivity index (χ1v) is 6.47. The van der Waals surface area contributed by atoms with Gasteiger partial charge >= 0.3 is 12.0 Å². The third kappa shape index (κ3) is 4.42. The maximum Gasteiger partial charge on any atom is 0.315 e. The van der Waals surface area contributed by atoms with E-state index in [0.717, 1.165) is 12.8 Å². The average molecular weight is 271 g/mol. The Balaban J connectivity index is 2.50. The van der Waals surface area contributed by atoms with Gasteiger partial charge in [-0.15, -0.1) is 0 Å². The first-order chi connectivity index (χ1) is 8.95. The van der Waals surface area contributed by atoms with E-state index in [1.807, 2.05) is 0 Å². The van der Waals surface area contributed by atoms with Gasteiger partial charge in [0.25, 0.3) is 0 Å². The lowest BCUT2D eigenvalue weighted by atomic mass is 9.84. The maximum absolute atomic E-state index is 11.7. The highest BCUT2D eigenvalue weighted by molar-refractivity contribution is 5.86. The number of likely N-dealkylation sites (N-methyl/N-ethyl adjacent to an activating group) is 1. The van der Waals surface area contributed by atoms with Crippen LogP contribution in [0.15, 0.2) is 0 Å². The molecule has 0 radical (unpaired) electrons. The fourth-order valence-electron chi connectivity index (χ4n) is 2.29. The number of carbonyl (C=O) groups is 3. The number of nitrogens with one attached hydrogen (secondary N) is 3. The third-order valence-corrected chi connectivity index (χ3v) is 3.39. The van der Waals surface area contributed by atoms with Crippen molar-refractivity contribution >= 4 is 17.9 Å². The molecule has 7 heteroatoms. The Morgan fingerprint density at radius 1 is 1.21 bits per heavy atom. The number of rotatable bonds is 4. The topological polar surface area (TPSA) is 108 Å². The number of carboxylic acids is 1. The molecule has 0 spiro atoms. The molecule has 0 aromatic rings. The fraction of sp³-hybridized carbons (Fsp3) is 0.750. The quantitative estimate of drug-likeness (QED) is 0.580. The minimum Gasteiger partial charge on any atom is -0.481 e. The van der Waals surface area contributed by atoms with Gasteiger partial charge in [0.2, 0.25) is 5.91 Å². The van der Waals surface area contributed by atoms with Crippen molar-refractivity contribution in [3.63, 3.8) is 0 Å². The fourth-order valence-corrected chi connectivity index (χ4v) is 2.29. The van der Waals surface area contributed by atoms with Crippen LogP contribution < -0.4 is 16.0 Å². The summed E-state index contributed by atoms with van der Waals surface area (Å²) in [6.07, 6.45) is 3.00. The summed E-state index contributed by atoms with van der Waals surface area (Å²) in [5.74, 6) is -1.73. The summed E-state index contributed by atoms with van der Waals surface area (Å²) >= 11 is 0. The van der Waals surface area contributed by atoms with Crippen molar-refractivity contribution in [2.75, 3.05) is 7.05 Å². The molecule has 0 saturated heterocycles. The normalized spacial score (nSPS) is 24.1. The molecule has 1 fully saturated rings. The SMILES string of the molecule is CNC(=O)C(C)NC(=O)NC1CCCCC1C(=O)O. The number of urea groups is 1. The zero-order valence-electron chi connectivity index (χ0n) is 11.2. The predicted octanol–water partition coefficient (Wildman–Crippen LogP) is 0.0635. The highest BCUT2D eigenvalue weighted by Crippen LogP contribution is 2.24. The summed E-state index contributed by atoms with van der Waals surface area (Å²) in [7, 11) is 1.49. The Labute approximate surface area is 112 Å². The van der Waals surface area contributed by atoms with E-state index in [4.69, 9.17) is 5.11 Å². The molecule has 3 unspecified atom stereocenters. The Bertz CT molecular complexity index is 359. The van der Waals surface area contributed by atoms with Gasteiger partial charge in [0.15, 0.2) is 0 Å². The van der Waals surface area contributed by atoms with Crippen LogP contribution in [0.2, 0.25) is 0 Å². The molecule has 108 valence electrons. The second kappa shape index (κ2) is 6.96. The zero-order valence-corrected chi connectivity index (χ0v) is 11.2. The molecule has 0 heterocycles. The summed E-state index contributed by atoms with van der Waals surface area (Å²) < 4.78 is 0. The zero-order chi connectivity index (χ0) is 14.4. The molecule has 3 atom stereocenters. The number of amides is 3. The van der Waals surface area contributed by atoms with Gasteiger partial charge in [-0.25, -0.2) is 4.79 Å². The maximum atomic E-state index is 11.7. The molecule has 3 amide bonds. The average Bonchev–Trinajstić information content (AvgIpc) is 2.37. The third-order valence-electron chi connectivity index (χ3n) is 3.39. The second-order valence-electron chi connectivity index (χ2n) is 4.79. The van der Waals surface area contributed by atoms with E-state index in [2.05, 4.69) is 16.0 Å². The number of carboxylic acid groups (broad SMARTS) is 1. The molecular weight excluding hydrogens is 250 g/mol. The number of carbonyl (C=O) groups excluding carboxylic acids is 2. The van der Waals surface area contributed by atoms with Crippen molar-refractivity contribution in [2.24, 2.45) is 5.92 Å². The summed E-state index contributed by atoms with van der Waals surface area (Å²) in [5.41, 5.74) is 0. The highest BCUT2D eigenvalue weighted by atomic mass is 16.4. The molecule has 0 aliphatic heterocycles. The molecule has 1 aliphatic rings. The van der Waals surface area contributed by atoms with E-state index in [1.54, 1.807) is 6.92 Å². The number of hydrogen-bond acceptors (Lipinski definition) is 3. The first kappa shape index (κ1) is 15.3. The largest absolute Gasteiger partial charge is 0.481 e. The first-order valence-electron chi connectivity index (χ1n) is 6.47. The molecule has 1 saturated carbocycles. The molecule has 19 heavy (non-hydrogen) atoms. The Hall–Kier alpha value is -1.79. The van der Waals surface area contributed by atoms with Gasteiger partial charge in [-0.3, -0.25) is 9.59 Å². The van der Waals surface area contributed by atoms with Crippen molar-refractivity contribution in [3.05, 3.63) is 0 Å². The highest BCUT2D eigenvalue weighted by Gasteiger charge is 2.32. The van der Waals surface area contributed by atoms with Crippen molar-refractivity contribution in [1.29, 1.82) is 0 Å². The lowest BCUT2D eigenvalue weighted by Gasteiger charge is -2.29. The molecule has 0 aromatic carbocycles. The number of aliphatic carboxylic acids is 1. The standard InChI is InChI=1S/C12H21N3O4/c1-7(10(16)13-2)14-12(19)15-9-6-4-3-5-8(9)11(17)18/h7-9H,3-6H2,1-2H3,(H,13,16)(H,17,18)(H2,14,15,19). The van der Waals surface area contributed by atoms with Crippen LogP contribution in [0.4, 0.5) is 4.79 Å². The van der Waals surface area contributed by atoms with Gasteiger partial charge in [-0.05, 0) is 19.8 Å². The summed E-state index contributed by atoms with van der Waals surface area (Å²) in [6.45, 7) is 1.56. The lowest BCUT2D eigenvalue weighted by Crippen LogP contribution is -2.53. The lowest BCUT2D eigenvalue weighted by molar-refractivity contribution is -0.143. The van der Waals surface area contributed by atoms with Crippen LogP contribution in [-0.2, 0) is 9.59 Å². The molecule has 0 aromatic heterocycles. The smallest absolute Gasteiger partial charge is 0.315 e. The Morgan fingerprint density at radius 2 is 1.84 bits per heavy atom. The van der Waals surface area contributed by atoms with Gasteiger partial charge in [-0.2, -0.15) is 0 Å². The van der Waals surface area contributed by atoms with Crippen LogP contribution >= 0.6 is 0 Å². The van der Waals surface area contributed by atoms with Crippen LogP contribution in [0.3, 0.4) is 0 Å². The molecule has 0 bridgehead atoms. The van der Waals surface area contributed by atoms with Crippen molar-refractivity contribution < 1.29 is 19.5 Å². The van der Waals surface area contributed by atoms with Crippen LogP contribution in [0, 0.1) is 5.92 Å². The molecule has 7 nitrogen and oxygen atoms in total. The minimum absolute atomic E-state index is 0.298. The second-order valence-corrected chi connectivity index (χ2v) is 4.79. The van der Waals surface area contributed by atoms with Gasteiger partial charge < -0.3 is 21.1 Å². The van der Waals surface area contributed by atoms with Gasteiger partial charge in [0.1, 0.15) is 6.04 Å². The van der Waals surface area contributed by atoms with Crippen LogP contribution in [0.5, 0.6) is 0 Å². The van der Waals surface area contributed by atoms with E-state index in [9.17, 15) is 14.4 Å². The van der Waals surface area contributed by atoms with Crippen LogP contribution in [-0.4, -0.2) is 42.1 Å². The monoisotopic (exact) mass is 271 g/mol. The van der Waals surface area contributed by atoms with E-state index < -0.39 is 24.0 Å². The van der Waals surface area contributed by atoms with Crippen molar-refractivity contribution in [1.82, 2.24) is 16.0 Å². The Morgan fingerprint density at radius 3 is 2.42 bits per heavy atom. The van der Waals surface area contributed by atoms with E-state index in [-0.39, 0.29) is 11.9 Å². The molecule has 1 rings (SSSR count). The van der Waals surface area contributed by atoms with E-state index in [0.29, 0.717) is 12.8 Å². The predicted molar refractivity (Wildman–Crippen MR) is 68.6 cm³/mol. The molecule has 4 N–H and O–H groups in total. The number of hydrogen-bond donors (Lipinski definition) is 4.